The summed E-state index contributed by atoms with van der Waals surface area (Å²) in [5, 5.41) is 0. The average molecular weight is 2010 g/mol. The largest absolute Gasteiger partial charge is 0.295 e. The van der Waals surface area contributed by atoms with Crippen LogP contribution in [0.5, 0.6) is 0 Å². The first-order chi connectivity index (χ1) is 55.6. The van der Waals surface area contributed by atoms with Crippen LogP contribution in [0.15, 0.2) is 120 Å². The zero-order valence-corrected chi connectivity index (χ0v) is 92.2. The van der Waals surface area contributed by atoms with E-state index in [2.05, 4.69) is 300 Å². The molecule has 0 spiro atoms. The molecule has 0 amide bonds. The quantitative estimate of drug-likeness (QED) is 0.0521. The zero-order valence-electron chi connectivity index (χ0n) is 85.9. The Morgan fingerprint density at radius 1 is 0.185 bits per heavy atom. The van der Waals surface area contributed by atoms with E-state index in [9.17, 15) is 0 Å². The van der Waals surface area contributed by atoms with E-state index in [0.717, 1.165) is 117 Å². The first-order valence-electron chi connectivity index (χ1n) is 43.5. The summed E-state index contributed by atoms with van der Waals surface area (Å²) in [6.07, 6.45) is 53.0. The molecule has 0 saturated carbocycles. The van der Waals surface area contributed by atoms with Gasteiger partial charge in [0.05, 0.1) is 22.2 Å². The van der Waals surface area contributed by atoms with Crippen LogP contribution in [-0.4, -0.2) is 300 Å². The van der Waals surface area contributed by atoms with Crippen molar-refractivity contribution < 1.29 is 101 Å². The van der Waals surface area contributed by atoms with Gasteiger partial charge in [0, 0.05) is 379 Å². The van der Waals surface area contributed by atoms with Crippen molar-refractivity contribution in [3.8, 4) is 0 Å². The fourth-order valence-corrected chi connectivity index (χ4v) is 5.11. The van der Waals surface area contributed by atoms with Crippen LogP contribution in [0.2, 0.25) is 0 Å². The second-order valence-corrected chi connectivity index (χ2v) is 30.8. The normalized spacial score (nSPS) is 13.1. The van der Waals surface area contributed by atoms with Crippen LogP contribution >= 0.6 is 0 Å². The molecule has 124 heavy (non-hydrogen) atoms. The molecule has 4 atom stereocenters. The van der Waals surface area contributed by atoms with Crippen molar-refractivity contribution in [1.29, 1.82) is 0 Å². The molecule has 0 saturated heterocycles. The Morgan fingerprint density at radius 2 is 0.323 bits per heavy atom. The molecule has 0 heterocycles. The van der Waals surface area contributed by atoms with E-state index in [0.29, 0.717) is 48.3 Å². The Hall–Kier alpha value is -4.88. The molecule has 0 aromatic heterocycles. The van der Waals surface area contributed by atoms with E-state index >= 15 is 0 Å². The van der Waals surface area contributed by atoms with Gasteiger partial charge in [-0.15, -0.1) is 0 Å². The van der Waals surface area contributed by atoms with E-state index in [1.807, 2.05) is 69.2 Å². The summed E-state index contributed by atoms with van der Waals surface area (Å²) in [6, 6.07) is 3.19. The van der Waals surface area contributed by atoms with Crippen molar-refractivity contribution in [3.05, 3.63) is 0 Å². The predicted molar refractivity (Wildman–Crippen MR) is 558 cm³/mol. The molecular formula is C94H188Co6N24. The summed E-state index contributed by atoms with van der Waals surface area (Å²) in [7, 11) is 6.84. The molecule has 30 heteroatoms. The number of rotatable bonds is 38. The molecule has 738 valence electrons. The van der Waals surface area contributed by atoms with E-state index in [1.54, 1.807) is 177 Å². The molecule has 0 aromatic rings. The molecular weight excluding hydrogens is 1820 g/mol. The molecule has 0 aliphatic rings. The number of hydrogen-bond donors (Lipinski definition) is 0. The van der Waals surface area contributed by atoms with Crippen molar-refractivity contribution in [2.75, 3.05) is 80.5 Å². The predicted octanol–water partition coefficient (Wildman–Crippen LogP) is 22.6. The average Bonchev–Trinajstić information content (AvgIpc) is 0.969. The number of nitrogens with zero attached hydrogens (tertiary/aromatic N) is 24. The third kappa shape index (κ3) is 240. The van der Waals surface area contributed by atoms with E-state index in [4.69, 9.17) is 0 Å². The van der Waals surface area contributed by atoms with E-state index in [1.165, 1.54) is 0 Å². The van der Waals surface area contributed by atoms with Gasteiger partial charge in [-0.1, -0.05) is 69.2 Å². The third-order valence-electron chi connectivity index (χ3n) is 11.8. The van der Waals surface area contributed by atoms with Crippen LogP contribution in [0.3, 0.4) is 0 Å². The van der Waals surface area contributed by atoms with E-state index < -0.39 is 0 Å². The van der Waals surface area contributed by atoms with Gasteiger partial charge in [-0.05, 0) is 244 Å². The van der Waals surface area contributed by atoms with Gasteiger partial charge in [0.1, 0.15) is 0 Å². The Labute approximate surface area is 827 Å². The molecule has 0 rings (SSSR count). The molecule has 6 radical (unpaired) electrons. The van der Waals surface area contributed by atoms with Gasteiger partial charge in [0.25, 0.3) is 0 Å². The van der Waals surface area contributed by atoms with Crippen molar-refractivity contribution in [3.63, 3.8) is 0 Å². The Morgan fingerprint density at radius 3 is 0.427 bits per heavy atom. The second kappa shape index (κ2) is 136. The van der Waals surface area contributed by atoms with Gasteiger partial charge in [0.2, 0.25) is 0 Å². The van der Waals surface area contributed by atoms with Gasteiger partial charge < -0.3 is 0 Å². The summed E-state index contributed by atoms with van der Waals surface area (Å²) in [4.78, 5) is 97.7. The van der Waals surface area contributed by atoms with Gasteiger partial charge in [-0.25, -0.2) is 0 Å². The maximum absolute atomic E-state index is 4.29. The summed E-state index contributed by atoms with van der Waals surface area (Å²) in [5.41, 5.74) is 0.0155. The Balaban J connectivity index is -0.0000000618. The zero-order chi connectivity index (χ0) is 93.3. The van der Waals surface area contributed by atoms with Gasteiger partial charge in [0.15, 0.2) is 0 Å². The summed E-state index contributed by atoms with van der Waals surface area (Å²) >= 11 is 0. The fourth-order valence-electron chi connectivity index (χ4n) is 5.11. The smallest absolute Gasteiger partial charge is 0.0524 e. The van der Waals surface area contributed by atoms with Crippen LogP contribution in [-0.2, 0) is 101 Å². The molecule has 0 N–H and O–H groups in total. The SMILES string of the molecule is CC(C)(C)N=CC=NC(C)(C)C.CC(C)(C)N=CC=NC(C)(C)C.CC(C)N=CC=NC(C)C.CC(C)N=CC=NC(C)C.CCC(C)N=CC=NC(C)CC.CCC(C)N=CC=NC(C)CC.CCCN=CC=NCCC.CCCN=CC=NCCC.CCCN=CC=NCCC.CCN=CC=NCC.CN=CC=NC.CN=CC=NC.[Co].[Co].[Co].[Co].[Co].[Co]. The monoisotopic (exact) mass is 2010 g/mol. The van der Waals surface area contributed by atoms with Crippen molar-refractivity contribution in [1.82, 2.24) is 0 Å². The molecule has 0 aromatic carbocycles. The first-order valence-corrected chi connectivity index (χ1v) is 43.5. The van der Waals surface area contributed by atoms with Crippen LogP contribution in [0.4, 0.5) is 0 Å². The van der Waals surface area contributed by atoms with Crippen molar-refractivity contribution >= 4 is 149 Å². The van der Waals surface area contributed by atoms with Crippen LogP contribution in [0, 0.1) is 0 Å². The van der Waals surface area contributed by atoms with Crippen LogP contribution < -0.4 is 0 Å². The Kier molecular flexibility index (Phi) is 178. The molecule has 0 bridgehead atoms. The molecule has 24 nitrogen and oxygen atoms in total. The van der Waals surface area contributed by atoms with Crippen LogP contribution in [0.1, 0.15) is 313 Å². The minimum absolute atomic E-state index is 0. The Bertz CT molecular complexity index is 2400. The fraction of sp³-hybridized carbons (Fsp3) is 0.745. The molecule has 0 aliphatic heterocycles. The van der Waals surface area contributed by atoms with Gasteiger partial charge in [-0.2, -0.15) is 0 Å². The molecule has 4 unspecified atom stereocenters. The second-order valence-electron chi connectivity index (χ2n) is 30.8. The summed E-state index contributed by atoms with van der Waals surface area (Å²) < 4.78 is 0. The minimum atomic E-state index is 0. The summed E-state index contributed by atoms with van der Waals surface area (Å²) in [5.74, 6) is 0. The maximum atomic E-state index is 4.29. The van der Waals surface area contributed by atoms with Crippen LogP contribution in [0.25, 0.3) is 0 Å². The maximum Gasteiger partial charge on any atom is 0.0524 e. The van der Waals surface area contributed by atoms with Crippen molar-refractivity contribution in [2.24, 2.45) is 120 Å². The van der Waals surface area contributed by atoms with Crippen molar-refractivity contribution in [2.45, 2.75) is 384 Å². The molecule has 0 aliphatic carbocycles. The third-order valence-corrected chi connectivity index (χ3v) is 11.8. The number of hydrogen-bond acceptors (Lipinski definition) is 24. The first kappa shape index (κ1) is 163. The molecule has 0 fully saturated rings. The topological polar surface area (TPSA) is 297 Å². The van der Waals surface area contributed by atoms with E-state index in [-0.39, 0.29) is 123 Å². The summed E-state index contributed by atoms with van der Waals surface area (Å²) in [6.45, 7) is 81.9. The standard InChI is InChI=1S/4C10H20N2.5C8H16N2.C6H12N2.2C4H8N2.6Co/c2*1-9(2,3)11-7-8-12-10(4,5)6;2*1-5-9(3)11-7-8-12-10(4)6-2;2*1-7(2)9-5-6-10-8(3)4;3*1-3-5-9-7-8-10-6-4-2;1-3-7-5-6-8-4-2;2*1-5-3-4-6-2;;;;;;/h2*7-8H,1-6H3;2*7-10H,5-6H2,1-4H3;2*5-8H,1-4H3;3*7-8H,3-6H2,1-2H3;5-6H,3-4H2,1-2H3;2*3-4H,1-2H3;;;;;;. The minimum Gasteiger partial charge on any atom is -0.295 e. The number of aliphatic imine (C=N–C) groups is 24. The van der Waals surface area contributed by atoms with Gasteiger partial charge in [-0.3, -0.25) is 120 Å². The van der Waals surface area contributed by atoms with Gasteiger partial charge >= 0.3 is 0 Å².